The van der Waals surface area contributed by atoms with Gasteiger partial charge in [-0.05, 0) is 68.9 Å². The second-order valence-electron chi connectivity index (χ2n) is 9.18. The molecule has 6 heteroatoms. The number of nitrogens with one attached hydrogen (secondary N) is 1. The van der Waals surface area contributed by atoms with E-state index in [1.165, 1.54) is 32.1 Å². The van der Waals surface area contributed by atoms with Gasteiger partial charge in [-0.2, -0.15) is 0 Å². The van der Waals surface area contributed by atoms with Crippen molar-refractivity contribution < 1.29 is 9.59 Å². The van der Waals surface area contributed by atoms with E-state index in [1.54, 1.807) is 0 Å². The maximum Gasteiger partial charge on any atom is 0.253 e. The molecular formula is C26H32BrN3O2. The standard InChI is InChI=1S/C26H32BrN3O2/c1-18-10-11-23(25(31)28-17-19-6-3-2-4-7-19)24(29-18)20-12-14-30(15-13-20)26(32)21-8-5-9-22(27)16-21/h5,8-11,16,19-20H,2-4,6-7,12-15,17H2,1H3,(H,28,31). The molecule has 0 unspecified atom stereocenters. The van der Waals surface area contributed by atoms with E-state index in [9.17, 15) is 9.59 Å². The van der Waals surface area contributed by atoms with E-state index in [4.69, 9.17) is 4.98 Å². The number of nitrogens with zero attached hydrogens (tertiary/aromatic N) is 2. The van der Waals surface area contributed by atoms with Gasteiger partial charge in [0.25, 0.3) is 11.8 Å². The number of aryl methyl sites for hydroxylation is 1. The topological polar surface area (TPSA) is 62.3 Å². The molecule has 1 aromatic heterocycles. The van der Waals surface area contributed by atoms with E-state index in [2.05, 4.69) is 21.2 Å². The Morgan fingerprint density at radius 1 is 1.06 bits per heavy atom. The number of likely N-dealkylation sites (tertiary alicyclic amines) is 1. The van der Waals surface area contributed by atoms with Crippen molar-refractivity contribution in [3.63, 3.8) is 0 Å². The lowest BCUT2D eigenvalue weighted by Gasteiger charge is -2.32. The third-order valence-electron chi connectivity index (χ3n) is 6.83. The summed E-state index contributed by atoms with van der Waals surface area (Å²) in [5, 5.41) is 3.17. The molecule has 2 aromatic rings. The molecule has 170 valence electrons. The van der Waals surface area contributed by atoms with Crippen LogP contribution < -0.4 is 5.32 Å². The molecule has 1 aliphatic carbocycles. The highest BCUT2D eigenvalue weighted by molar-refractivity contribution is 9.10. The summed E-state index contributed by atoms with van der Waals surface area (Å²) in [4.78, 5) is 32.6. The summed E-state index contributed by atoms with van der Waals surface area (Å²) in [6.07, 6.45) is 7.93. The number of carbonyl (C=O) groups is 2. The van der Waals surface area contributed by atoms with Crippen molar-refractivity contribution in [3.8, 4) is 0 Å². The molecule has 2 heterocycles. The number of piperidine rings is 1. The fourth-order valence-electron chi connectivity index (χ4n) is 4.96. The Kier molecular flexibility index (Phi) is 7.61. The Morgan fingerprint density at radius 2 is 1.81 bits per heavy atom. The smallest absolute Gasteiger partial charge is 0.253 e. The van der Waals surface area contributed by atoms with Gasteiger partial charge in [-0.1, -0.05) is 41.3 Å². The molecule has 0 atom stereocenters. The van der Waals surface area contributed by atoms with Crippen LogP contribution in [0.4, 0.5) is 0 Å². The predicted molar refractivity (Wildman–Crippen MR) is 130 cm³/mol. The summed E-state index contributed by atoms with van der Waals surface area (Å²) in [7, 11) is 0. The zero-order chi connectivity index (χ0) is 22.5. The Bertz CT molecular complexity index is 963. The lowest BCUT2D eigenvalue weighted by molar-refractivity contribution is 0.0710. The second-order valence-corrected chi connectivity index (χ2v) is 10.1. The number of pyridine rings is 1. The van der Waals surface area contributed by atoms with Crippen LogP contribution in [0.5, 0.6) is 0 Å². The van der Waals surface area contributed by atoms with E-state index in [0.717, 1.165) is 35.2 Å². The third kappa shape index (κ3) is 5.58. The lowest BCUT2D eigenvalue weighted by atomic mass is 9.88. The number of rotatable bonds is 5. The highest BCUT2D eigenvalue weighted by Gasteiger charge is 2.28. The van der Waals surface area contributed by atoms with Gasteiger partial charge in [0.1, 0.15) is 0 Å². The maximum atomic E-state index is 13.0. The van der Waals surface area contributed by atoms with Crippen LogP contribution in [0.2, 0.25) is 0 Å². The largest absolute Gasteiger partial charge is 0.352 e. The fraction of sp³-hybridized carbons (Fsp3) is 0.500. The molecule has 0 radical (unpaired) electrons. The second kappa shape index (κ2) is 10.6. The normalized spacial score (nSPS) is 17.9. The highest BCUT2D eigenvalue weighted by atomic mass is 79.9. The maximum absolute atomic E-state index is 13.0. The summed E-state index contributed by atoms with van der Waals surface area (Å²) in [5.74, 6) is 0.844. The molecule has 2 amide bonds. The van der Waals surface area contributed by atoms with Gasteiger partial charge >= 0.3 is 0 Å². The summed E-state index contributed by atoms with van der Waals surface area (Å²) >= 11 is 3.44. The van der Waals surface area contributed by atoms with E-state index < -0.39 is 0 Å². The summed E-state index contributed by atoms with van der Waals surface area (Å²) in [6.45, 7) is 4.08. The van der Waals surface area contributed by atoms with Gasteiger partial charge in [-0.15, -0.1) is 0 Å². The minimum absolute atomic E-state index is 0.00860. The first-order valence-electron chi connectivity index (χ1n) is 11.8. The van der Waals surface area contributed by atoms with Crippen molar-refractivity contribution in [1.29, 1.82) is 0 Å². The average Bonchev–Trinajstić information content (AvgIpc) is 2.83. The molecule has 1 saturated carbocycles. The first kappa shape index (κ1) is 23.0. The molecule has 2 aliphatic rings. The van der Waals surface area contributed by atoms with Crippen LogP contribution in [0, 0.1) is 12.8 Å². The Labute approximate surface area is 199 Å². The minimum atomic E-state index is -0.00860. The van der Waals surface area contributed by atoms with Crippen LogP contribution in [0.15, 0.2) is 40.9 Å². The van der Waals surface area contributed by atoms with Gasteiger partial charge in [-0.25, -0.2) is 0 Å². The number of hydrogen-bond acceptors (Lipinski definition) is 3. The van der Waals surface area contributed by atoms with E-state index >= 15 is 0 Å². The molecule has 0 spiro atoms. The molecule has 1 N–H and O–H groups in total. The van der Waals surface area contributed by atoms with Crippen LogP contribution >= 0.6 is 15.9 Å². The van der Waals surface area contributed by atoms with Crippen LogP contribution in [-0.2, 0) is 0 Å². The van der Waals surface area contributed by atoms with Gasteiger partial charge in [-0.3, -0.25) is 14.6 Å². The number of carbonyl (C=O) groups excluding carboxylic acids is 2. The van der Waals surface area contributed by atoms with E-state index in [0.29, 0.717) is 30.1 Å². The van der Waals surface area contributed by atoms with Crippen molar-refractivity contribution in [2.45, 2.75) is 57.8 Å². The number of benzene rings is 1. The minimum Gasteiger partial charge on any atom is -0.352 e. The van der Waals surface area contributed by atoms with Crippen LogP contribution in [0.3, 0.4) is 0 Å². The molecule has 1 aliphatic heterocycles. The predicted octanol–water partition coefficient (Wildman–Crippen LogP) is 5.48. The number of halogens is 1. The molecule has 1 aromatic carbocycles. The van der Waals surface area contributed by atoms with Crippen molar-refractivity contribution in [2.75, 3.05) is 19.6 Å². The first-order valence-corrected chi connectivity index (χ1v) is 12.6. The number of hydrogen-bond donors (Lipinski definition) is 1. The molecule has 2 fully saturated rings. The van der Waals surface area contributed by atoms with E-state index in [-0.39, 0.29) is 17.7 Å². The molecule has 0 bridgehead atoms. The first-order chi connectivity index (χ1) is 15.5. The van der Waals surface area contributed by atoms with E-state index in [1.807, 2.05) is 48.2 Å². The SMILES string of the molecule is Cc1ccc(C(=O)NCC2CCCCC2)c(C2CCN(C(=O)c3cccc(Br)c3)CC2)n1. The van der Waals surface area contributed by atoms with Gasteiger partial charge < -0.3 is 10.2 Å². The van der Waals surface area contributed by atoms with Crippen molar-refractivity contribution in [1.82, 2.24) is 15.2 Å². The lowest BCUT2D eigenvalue weighted by Crippen LogP contribution is -2.38. The van der Waals surface area contributed by atoms with Crippen molar-refractivity contribution in [2.24, 2.45) is 5.92 Å². The van der Waals surface area contributed by atoms with Gasteiger partial charge in [0.15, 0.2) is 0 Å². The molecular weight excluding hydrogens is 466 g/mol. The summed E-state index contributed by atoms with van der Waals surface area (Å²) in [6, 6.07) is 11.4. The third-order valence-corrected chi connectivity index (χ3v) is 7.32. The monoisotopic (exact) mass is 497 g/mol. The zero-order valence-corrected chi connectivity index (χ0v) is 20.4. The van der Waals surface area contributed by atoms with Gasteiger partial charge in [0.05, 0.1) is 11.3 Å². The fourth-order valence-corrected chi connectivity index (χ4v) is 5.36. The summed E-state index contributed by atoms with van der Waals surface area (Å²) < 4.78 is 0.908. The average molecular weight is 498 g/mol. The number of aromatic nitrogens is 1. The van der Waals surface area contributed by atoms with Gasteiger partial charge in [0, 0.05) is 41.3 Å². The Hall–Kier alpha value is -2.21. The van der Waals surface area contributed by atoms with Crippen LogP contribution in [-0.4, -0.2) is 41.3 Å². The molecule has 1 saturated heterocycles. The summed E-state index contributed by atoms with van der Waals surface area (Å²) in [5.41, 5.74) is 3.22. The molecule has 4 rings (SSSR count). The van der Waals surface area contributed by atoms with Crippen LogP contribution in [0.1, 0.15) is 83.0 Å². The zero-order valence-electron chi connectivity index (χ0n) is 18.8. The van der Waals surface area contributed by atoms with Crippen LogP contribution in [0.25, 0.3) is 0 Å². The Morgan fingerprint density at radius 3 is 2.53 bits per heavy atom. The highest BCUT2D eigenvalue weighted by Crippen LogP contribution is 2.30. The van der Waals surface area contributed by atoms with Crippen molar-refractivity contribution >= 4 is 27.7 Å². The molecule has 32 heavy (non-hydrogen) atoms. The quantitative estimate of drug-likeness (QED) is 0.594. The van der Waals surface area contributed by atoms with Crippen molar-refractivity contribution in [3.05, 3.63) is 63.4 Å². The number of amides is 2. The Balaban J connectivity index is 1.41. The molecule has 5 nitrogen and oxygen atoms in total. The van der Waals surface area contributed by atoms with Gasteiger partial charge in [0.2, 0.25) is 0 Å².